The van der Waals surface area contributed by atoms with E-state index in [9.17, 15) is 10.1 Å². The van der Waals surface area contributed by atoms with Gasteiger partial charge < -0.3 is 0 Å². The maximum atomic E-state index is 10.1. The van der Waals surface area contributed by atoms with Crippen LogP contribution in [0.25, 0.3) is 0 Å². The summed E-state index contributed by atoms with van der Waals surface area (Å²) in [5.41, 5.74) is 0.359. The van der Waals surface area contributed by atoms with E-state index >= 15 is 0 Å². The molecule has 0 heterocycles. The molecule has 0 saturated carbocycles. The molecule has 0 aromatic heterocycles. The lowest BCUT2D eigenvalue weighted by molar-refractivity contribution is -0.496. The molecule has 12 heavy (non-hydrogen) atoms. The fraction of sp³-hybridized carbons (Fsp3) is 0. The third-order valence-electron chi connectivity index (χ3n) is 1.20. The van der Waals surface area contributed by atoms with Crippen LogP contribution in [0.15, 0.2) is 30.3 Å². The van der Waals surface area contributed by atoms with E-state index in [-0.39, 0.29) is 17.4 Å². The Bertz CT molecular complexity index is 254. The fourth-order valence-corrected chi connectivity index (χ4v) is 0.675. The highest BCUT2D eigenvalue weighted by Gasteiger charge is 2.09. The molecule has 0 spiro atoms. The first-order valence-electron chi connectivity index (χ1n) is 2.96. The van der Waals surface area contributed by atoms with Crippen LogP contribution in [0.2, 0.25) is 0 Å². The predicted molar refractivity (Wildman–Crippen MR) is 50.0 cm³/mol. The van der Waals surface area contributed by atoms with Crippen LogP contribution in [0.3, 0.4) is 0 Å². The average Bonchev–Trinajstić information content (AvgIpc) is 2.05. The molecule has 0 aliphatic heterocycles. The van der Waals surface area contributed by atoms with Crippen molar-refractivity contribution in [2.24, 2.45) is 5.84 Å². The first-order chi connectivity index (χ1) is 5.22. The molecule has 0 saturated heterocycles. The Balaban J connectivity index is 0.00000121. The number of nitro groups is 1. The summed E-state index contributed by atoms with van der Waals surface area (Å²) in [5.74, 6) is 5.07. The predicted octanol–water partition coefficient (Wildman–Crippen LogP) is -0.625. The standard InChI is InChI=1S/C6H7N3O2.Al.3H/c7-8(9(10)11)6-4-2-1-3-5-6;;;;/h1-5H,7H2;;;;. The highest BCUT2D eigenvalue weighted by molar-refractivity contribution is 5.75. The van der Waals surface area contributed by atoms with Gasteiger partial charge in [-0.3, -0.25) is 0 Å². The molecule has 0 atom stereocenters. The van der Waals surface area contributed by atoms with Gasteiger partial charge in [0.15, 0.2) is 22.4 Å². The molecule has 0 fully saturated rings. The van der Waals surface area contributed by atoms with Gasteiger partial charge in [-0.25, -0.2) is 10.1 Å². The zero-order valence-corrected chi connectivity index (χ0v) is 5.68. The average molecular weight is 183 g/mol. The molecule has 1 rings (SSSR count). The third-order valence-corrected chi connectivity index (χ3v) is 1.20. The molecule has 0 aliphatic rings. The molecular weight excluding hydrogens is 173 g/mol. The Morgan fingerprint density at radius 2 is 1.83 bits per heavy atom. The molecule has 5 nitrogen and oxygen atoms in total. The number of para-hydroxylation sites is 1. The van der Waals surface area contributed by atoms with Crippen molar-refractivity contribution in [3.8, 4) is 0 Å². The molecule has 0 unspecified atom stereocenters. The van der Waals surface area contributed by atoms with Gasteiger partial charge in [0.25, 0.3) is 0 Å². The number of nitrogens with zero attached hydrogens (tertiary/aromatic N) is 2. The van der Waals surface area contributed by atoms with Crippen molar-refractivity contribution in [3.63, 3.8) is 0 Å². The summed E-state index contributed by atoms with van der Waals surface area (Å²) in [6, 6.07) is 8.24. The molecule has 0 bridgehead atoms. The van der Waals surface area contributed by atoms with Crippen LogP contribution >= 0.6 is 0 Å². The van der Waals surface area contributed by atoms with Gasteiger partial charge in [-0.2, -0.15) is 5.84 Å². The van der Waals surface area contributed by atoms with E-state index in [0.717, 1.165) is 0 Å². The lowest BCUT2D eigenvalue weighted by atomic mass is 10.3. The second-order valence-electron chi connectivity index (χ2n) is 1.92. The van der Waals surface area contributed by atoms with Gasteiger partial charge in [0.2, 0.25) is 0 Å². The van der Waals surface area contributed by atoms with Gasteiger partial charge in [-0.15, -0.1) is 0 Å². The summed E-state index contributed by atoms with van der Waals surface area (Å²) in [4.78, 5) is 10.1. The van der Waals surface area contributed by atoms with E-state index in [1.165, 1.54) is 0 Å². The van der Waals surface area contributed by atoms with Gasteiger partial charge in [0.1, 0.15) is 5.69 Å². The highest BCUT2D eigenvalue weighted by atomic mass is 27.0. The topological polar surface area (TPSA) is 72.4 Å². The lowest BCUT2D eigenvalue weighted by Crippen LogP contribution is -2.36. The van der Waals surface area contributed by atoms with Crippen molar-refractivity contribution in [2.45, 2.75) is 0 Å². The number of nitrogens with two attached hydrogens (primary N) is 1. The van der Waals surface area contributed by atoms with Gasteiger partial charge in [-0.1, -0.05) is 18.2 Å². The van der Waals surface area contributed by atoms with E-state index in [0.29, 0.717) is 10.8 Å². The molecule has 0 radical (unpaired) electrons. The maximum Gasteiger partial charge on any atom is 0.187 e. The Labute approximate surface area is 80.0 Å². The van der Waals surface area contributed by atoms with Gasteiger partial charge >= 0.3 is 0 Å². The molecule has 0 aliphatic carbocycles. The number of hydrazine groups is 2. The van der Waals surface area contributed by atoms with Crippen molar-refractivity contribution < 1.29 is 5.03 Å². The fourth-order valence-electron chi connectivity index (χ4n) is 0.675. The minimum Gasteiger partial charge on any atom is -0.233 e. The Morgan fingerprint density at radius 1 is 1.33 bits per heavy atom. The third kappa shape index (κ3) is 2.51. The summed E-state index contributed by atoms with van der Waals surface area (Å²) in [7, 11) is 0. The Kier molecular flexibility index (Phi) is 4.29. The van der Waals surface area contributed by atoms with E-state index in [1.807, 2.05) is 0 Å². The smallest absolute Gasteiger partial charge is 0.187 e. The second kappa shape index (κ2) is 4.72. The summed E-state index contributed by atoms with van der Waals surface area (Å²) in [6.07, 6.45) is 0. The molecule has 0 amide bonds. The second-order valence-corrected chi connectivity index (χ2v) is 1.92. The van der Waals surface area contributed by atoms with Gasteiger partial charge in [0, 0.05) is 0 Å². The molecule has 64 valence electrons. The van der Waals surface area contributed by atoms with Gasteiger partial charge in [-0.05, 0) is 17.3 Å². The molecule has 2 N–H and O–H groups in total. The number of anilines is 1. The van der Waals surface area contributed by atoms with Crippen LogP contribution in [-0.2, 0) is 0 Å². The number of hydrogen-bond donors (Lipinski definition) is 1. The van der Waals surface area contributed by atoms with Crippen molar-refractivity contribution in [3.05, 3.63) is 40.4 Å². The summed E-state index contributed by atoms with van der Waals surface area (Å²) >= 11 is 0. The summed E-state index contributed by atoms with van der Waals surface area (Å²) in [5, 5.41) is 9.89. The number of rotatable bonds is 2. The normalized spacial score (nSPS) is 8.42. The first-order valence-corrected chi connectivity index (χ1v) is 2.96. The zero-order valence-electron chi connectivity index (χ0n) is 5.68. The van der Waals surface area contributed by atoms with Crippen molar-refractivity contribution >= 4 is 23.0 Å². The van der Waals surface area contributed by atoms with Crippen molar-refractivity contribution in [1.29, 1.82) is 0 Å². The first kappa shape index (κ1) is 10.9. The number of hydrogen-bond acceptors (Lipinski definition) is 3. The molecule has 1 aromatic carbocycles. The zero-order chi connectivity index (χ0) is 8.27. The van der Waals surface area contributed by atoms with E-state index in [2.05, 4.69) is 0 Å². The van der Waals surface area contributed by atoms with Crippen LogP contribution < -0.4 is 11.0 Å². The van der Waals surface area contributed by atoms with Crippen LogP contribution in [0.5, 0.6) is 0 Å². The molecule has 6 heteroatoms. The van der Waals surface area contributed by atoms with Crippen LogP contribution in [-0.4, -0.2) is 22.4 Å². The number of benzene rings is 1. The Morgan fingerprint density at radius 3 is 2.25 bits per heavy atom. The monoisotopic (exact) mass is 183 g/mol. The van der Waals surface area contributed by atoms with Crippen molar-refractivity contribution in [2.75, 3.05) is 5.12 Å². The minimum atomic E-state index is -0.685. The minimum absolute atomic E-state index is 0. The summed E-state index contributed by atoms with van der Waals surface area (Å²) < 4.78 is 0. The largest absolute Gasteiger partial charge is 0.233 e. The van der Waals surface area contributed by atoms with Crippen LogP contribution in [0.4, 0.5) is 5.69 Å². The quantitative estimate of drug-likeness (QED) is 0.287. The Hall–Kier alpha value is -1.09. The maximum absolute atomic E-state index is 10.1. The van der Waals surface area contributed by atoms with Crippen LogP contribution in [0.1, 0.15) is 0 Å². The van der Waals surface area contributed by atoms with E-state index in [1.54, 1.807) is 30.3 Å². The van der Waals surface area contributed by atoms with Gasteiger partial charge in [0.05, 0.1) is 0 Å². The SMILES string of the molecule is NN(c1ccccc1)[N+](=O)[O-].[AlH3]. The van der Waals surface area contributed by atoms with Crippen LogP contribution in [0, 0.1) is 10.1 Å². The molecule has 1 aromatic rings. The van der Waals surface area contributed by atoms with Crippen molar-refractivity contribution in [1.82, 2.24) is 0 Å². The highest BCUT2D eigenvalue weighted by Crippen LogP contribution is 2.07. The molecular formula is C6H10AlN3O2. The van der Waals surface area contributed by atoms with E-state index in [4.69, 9.17) is 5.84 Å². The lowest BCUT2D eigenvalue weighted by Gasteiger charge is -2.05. The summed E-state index contributed by atoms with van der Waals surface area (Å²) in [6.45, 7) is 0. The van der Waals surface area contributed by atoms with E-state index < -0.39 is 5.03 Å².